The summed E-state index contributed by atoms with van der Waals surface area (Å²) in [6.45, 7) is 7.55. The third-order valence-electron chi connectivity index (χ3n) is 11.4. The zero-order valence-corrected chi connectivity index (χ0v) is 31.0. The molecule has 0 fully saturated rings. The molecule has 0 radical (unpaired) electrons. The number of nitrogens with zero attached hydrogens (tertiary/aromatic N) is 2. The van der Waals surface area contributed by atoms with Crippen molar-refractivity contribution in [3.8, 4) is 39.8 Å². The summed E-state index contributed by atoms with van der Waals surface area (Å²) >= 11 is 3.88. The molecule has 53 heavy (non-hydrogen) atoms. The fourth-order valence-electron chi connectivity index (χ4n) is 8.73. The van der Waals surface area contributed by atoms with Crippen LogP contribution in [0.2, 0.25) is 0 Å². The van der Waals surface area contributed by atoms with Crippen LogP contribution >= 0.6 is 15.9 Å². The number of carbonyl (C=O) groups is 2. The number of hydrogen-bond donors (Lipinski definition) is 4. The van der Waals surface area contributed by atoms with E-state index in [4.69, 9.17) is 23.5 Å². The number of Topliss-reactive ketones (excluding diaryl/α,β-unsaturated/α-hetero) is 1. The number of rotatable bonds is 5. The molecule has 1 spiro atoms. The van der Waals surface area contributed by atoms with E-state index in [2.05, 4.69) is 55.8 Å². The number of ether oxygens (including phenoxy) is 1. The van der Waals surface area contributed by atoms with Gasteiger partial charge in [0.2, 0.25) is 17.7 Å². The highest BCUT2D eigenvalue weighted by molar-refractivity contribution is 9.10. The van der Waals surface area contributed by atoms with Gasteiger partial charge in [0, 0.05) is 61.9 Å². The highest BCUT2D eigenvalue weighted by atomic mass is 79.9. The van der Waals surface area contributed by atoms with Crippen molar-refractivity contribution in [3.05, 3.63) is 93.7 Å². The topological polar surface area (TPSA) is 156 Å². The second-order valence-corrected chi connectivity index (χ2v) is 16.3. The lowest BCUT2D eigenvalue weighted by atomic mass is 9.72. The number of hydrogen-bond acceptors (Lipinski definition) is 9. The van der Waals surface area contributed by atoms with E-state index in [-0.39, 0.29) is 48.1 Å². The number of halogens is 1. The van der Waals surface area contributed by atoms with Crippen LogP contribution in [0.1, 0.15) is 68.5 Å². The molecule has 3 aromatic heterocycles. The normalized spacial score (nSPS) is 22.5. The summed E-state index contributed by atoms with van der Waals surface area (Å²) in [7, 11) is 0. The van der Waals surface area contributed by atoms with Gasteiger partial charge in [0.15, 0.2) is 29.2 Å². The Balaban J connectivity index is 1.29. The zero-order valence-electron chi connectivity index (χ0n) is 29.4. The summed E-state index contributed by atoms with van der Waals surface area (Å²) in [4.78, 5) is 40.9. The lowest BCUT2D eigenvalue weighted by molar-refractivity contribution is -0.135. The van der Waals surface area contributed by atoms with Crippen LogP contribution in [0.3, 0.4) is 0 Å². The summed E-state index contributed by atoms with van der Waals surface area (Å²) < 4.78 is 21.4. The largest absolute Gasteiger partial charge is 0.469 e. The summed E-state index contributed by atoms with van der Waals surface area (Å²) in [5, 5.41) is 18.7. The van der Waals surface area contributed by atoms with Gasteiger partial charge in [-0.15, -0.1) is 0 Å². The number of benzene rings is 3. The van der Waals surface area contributed by atoms with Crippen LogP contribution in [-0.2, 0) is 21.4 Å². The van der Waals surface area contributed by atoms with Crippen LogP contribution < -0.4 is 15.4 Å². The zero-order chi connectivity index (χ0) is 36.5. The number of aromatic nitrogens is 3. The number of anilines is 1. The Bertz CT molecular complexity index is 2530. The molecule has 10 bridgehead atoms. The second-order valence-electron chi connectivity index (χ2n) is 15.3. The molecule has 6 aromatic rings. The Kier molecular flexibility index (Phi) is 6.98. The molecule has 10 rings (SSSR count). The van der Waals surface area contributed by atoms with Crippen molar-refractivity contribution in [1.29, 1.82) is 0 Å². The van der Waals surface area contributed by atoms with Gasteiger partial charge in [0.05, 0.1) is 6.20 Å². The average molecular weight is 775 g/mol. The monoisotopic (exact) mass is 773 g/mol. The number of carbonyl (C=O) groups excluding carboxylic acids is 2. The second kappa shape index (κ2) is 11.4. The predicted octanol–water partition coefficient (Wildman–Crippen LogP) is 7.66. The summed E-state index contributed by atoms with van der Waals surface area (Å²) in [5.41, 5.74) is 6.59. The Morgan fingerprint density at radius 1 is 1.04 bits per heavy atom. The SMILES string of the molecule is CC(C)[C@H](O)C(=O)C[C@H]1Cc2ccc3c(c2)C24c5cc(Br)cc(c5N[C@H]2O3)-c2cccc3[nH]cc(c23)-c2cnc(o2)-c2nc(oc24)[C@H](C(C)C)NC1=O. The fraction of sp³-hybridized carbons (Fsp3) is 0.317. The molecule has 11 nitrogen and oxygen atoms in total. The van der Waals surface area contributed by atoms with Gasteiger partial charge in [0.25, 0.3) is 0 Å². The maximum Gasteiger partial charge on any atom is 0.249 e. The van der Waals surface area contributed by atoms with Gasteiger partial charge in [-0.25, -0.2) is 9.97 Å². The Hall–Kier alpha value is -5.20. The molecule has 268 valence electrons. The summed E-state index contributed by atoms with van der Waals surface area (Å²) in [6, 6.07) is 15.7. The number of amides is 1. The first-order chi connectivity index (χ1) is 25.5. The molecule has 1 unspecified atom stereocenters. The van der Waals surface area contributed by atoms with Crippen molar-refractivity contribution in [2.45, 2.75) is 64.3 Å². The molecule has 4 N–H and O–H groups in total. The van der Waals surface area contributed by atoms with E-state index < -0.39 is 29.7 Å². The Labute approximate surface area is 312 Å². The maximum atomic E-state index is 14.2. The molecule has 0 saturated heterocycles. The van der Waals surface area contributed by atoms with Crippen LogP contribution in [-0.4, -0.2) is 44.1 Å². The molecule has 7 heterocycles. The first-order valence-electron chi connectivity index (χ1n) is 18.0. The highest BCUT2D eigenvalue weighted by Crippen LogP contribution is 2.62. The van der Waals surface area contributed by atoms with Crippen LogP contribution in [0, 0.1) is 17.8 Å². The van der Waals surface area contributed by atoms with Crippen molar-refractivity contribution in [1.82, 2.24) is 20.3 Å². The quantitative estimate of drug-likeness (QED) is 0.138. The van der Waals surface area contributed by atoms with Gasteiger partial charge in [-0.05, 0) is 53.6 Å². The fourth-order valence-corrected chi connectivity index (χ4v) is 9.19. The Morgan fingerprint density at radius 3 is 2.70 bits per heavy atom. The highest BCUT2D eigenvalue weighted by Gasteiger charge is 2.62. The van der Waals surface area contributed by atoms with E-state index in [1.54, 1.807) is 20.0 Å². The van der Waals surface area contributed by atoms with Gasteiger partial charge in [-0.1, -0.05) is 67.9 Å². The van der Waals surface area contributed by atoms with Gasteiger partial charge >= 0.3 is 0 Å². The third kappa shape index (κ3) is 4.54. The van der Waals surface area contributed by atoms with E-state index in [0.29, 0.717) is 23.0 Å². The first kappa shape index (κ1) is 32.5. The van der Waals surface area contributed by atoms with Crippen molar-refractivity contribution in [2.75, 3.05) is 5.32 Å². The van der Waals surface area contributed by atoms with E-state index in [0.717, 1.165) is 54.4 Å². The molecule has 0 aliphatic carbocycles. The number of aliphatic hydroxyl groups excluding tert-OH is 1. The number of aliphatic hydroxyl groups is 1. The van der Waals surface area contributed by atoms with E-state index >= 15 is 0 Å². The van der Waals surface area contributed by atoms with Crippen molar-refractivity contribution < 1.29 is 28.3 Å². The van der Waals surface area contributed by atoms with E-state index in [1.807, 2.05) is 44.3 Å². The van der Waals surface area contributed by atoms with Crippen LogP contribution in [0.5, 0.6) is 5.75 Å². The van der Waals surface area contributed by atoms with Gasteiger partial charge < -0.3 is 34.3 Å². The summed E-state index contributed by atoms with van der Waals surface area (Å²) in [5.74, 6) is 0.386. The van der Waals surface area contributed by atoms with Crippen LogP contribution in [0.4, 0.5) is 5.69 Å². The number of aromatic amines is 1. The lowest BCUT2D eigenvalue weighted by Gasteiger charge is -2.29. The first-order valence-corrected chi connectivity index (χ1v) is 18.8. The minimum absolute atomic E-state index is 0.120. The molecular formula is C41H36BrN5O6. The number of oxazole rings is 2. The molecular weight excluding hydrogens is 738 g/mol. The molecule has 12 heteroatoms. The number of nitrogens with one attached hydrogen (secondary N) is 3. The van der Waals surface area contributed by atoms with Crippen molar-refractivity contribution >= 4 is 44.2 Å². The average Bonchev–Trinajstić information content (AvgIpc) is 3.95. The minimum Gasteiger partial charge on any atom is -0.469 e. The van der Waals surface area contributed by atoms with Crippen LogP contribution in [0.15, 0.2) is 74.2 Å². The van der Waals surface area contributed by atoms with Crippen molar-refractivity contribution in [2.24, 2.45) is 17.8 Å². The smallest absolute Gasteiger partial charge is 0.249 e. The van der Waals surface area contributed by atoms with Gasteiger partial charge in [-0.2, -0.15) is 0 Å². The third-order valence-corrected chi connectivity index (χ3v) is 11.8. The number of fused-ring (bicyclic) bond motifs is 7. The van der Waals surface area contributed by atoms with Gasteiger partial charge in [-0.3, -0.25) is 9.59 Å². The molecule has 1 amide bonds. The molecule has 4 aliphatic heterocycles. The van der Waals surface area contributed by atoms with Gasteiger partial charge in [0.1, 0.15) is 23.3 Å². The van der Waals surface area contributed by atoms with Crippen molar-refractivity contribution in [3.63, 3.8) is 0 Å². The lowest BCUT2D eigenvalue weighted by Crippen LogP contribution is -2.41. The maximum absolute atomic E-state index is 14.2. The molecule has 4 aliphatic rings. The van der Waals surface area contributed by atoms with E-state index in [9.17, 15) is 14.7 Å². The summed E-state index contributed by atoms with van der Waals surface area (Å²) in [6.07, 6.45) is 1.98. The molecule has 5 atom stereocenters. The van der Waals surface area contributed by atoms with E-state index in [1.165, 1.54) is 0 Å². The molecule has 0 saturated carbocycles. The Morgan fingerprint density at radius 2 is 1.89 bits per heavy atom. The van der Waals surface area contributed by atoms with Crippen LogP contribution in [0.25, 0.3) is 44.9 Å². The number of ketones is 1. The predicted molar refractivity (Wildman–Crippen MR) is 200 cm³/mol. The minimum atomic E-state index is -1.17. The molecule has 3 aromatic carbocycles. The standard InChI is InChI=1S/C41H36BrN5O6/c1-17(2)32-39-46-34-36(53-39)41-25-11-19(10-20(37(50)45-32)12-28(48)35(49)18(3)4)8-9-29(25)52-40(41)47-33-23(13-21(42)14-26(33)41)22-6-5-7-27-31(22)24(15-43-27)30-16-44-38(34)51-30/h5-9,11,13-18,20,32,35,40,43,47,49H,10,12H2,1-4H3,(H,45,50)/t20-,32+,35+,40+,41?/m1/s1. The number of H-pyrrole nitrogens is 1.